The van der Waals surface area contributed by atoms with Gasteiger partial charge in [-0.3, -0.25) is 4.90 Å². The van der Waals surface area contributed by atoms with Gasteiger partial charge in [0.25, 0.3) is 0 Å². The first-order valence-corrected chi connectivity index (χ1v) is 7.63. The van der Waals surface area contributed by atoms with E-state index < -0.39 is 5.97 Å². The van der Waals surface area contributed by atoms with Crippen LogP contribution in [0.1, 0.15) is 55.0 Å². The van der Waals surface area contributed by atoms with Crippen LogP contribution in [-0.2, 0) is 6.54 Å². The van der Waals surface area contributed by atoms with Crippen molar-refractivity contribution in [3.63, 3.8) is 0 Å². The van der Waals surface area contributed by atoms with Crippen LogP contribution in [0, 0.1) is 5.41 Å². The van der Waals surface area contributed by atoms with E-state index in [0.717, 1.165) is 12.2 Å². The van der Waals surface area contributed by atoms with E-state index in [0.29, 0.717) is 11.5 Å². The van der Waals surface area contributed by atoms with Gasteiger partial charge in [-0.1, -0.05) is 13.8 Å². The summed E-state index contributed by atoms with van der Waals surface area (Å²) in [5, 5.41) is 10.9. The third-order valence-corrected chi connectivity index (χ3v) is 4.96. The van der Waals surface area contributed by atoms with E-state index in [1.54, 1.807) is 0 Å². The Morgan fingerprint density at radius 3 is 2.68 bits per heavy atom. The van der Waals surface area contributed by atoms with Crippen molar-refractivity contribution < 1.29 is 9.90 Å². The zero-order valence-corrected chi connectivity index (χ0v) is 12.7. The Morgan fingerprint density at radius 1 is 1.53 bits per heavy atom. The lowest BCUT2D eigenvalue weighted by Crippen LogP contribution is -2.36. The summed E-state index contributed by atoms with van der Waals surface area (Å²) in [5.74, 6) is -0.932. The summed E-state index contributed by atoms with van der Waals surface area (Å²) >= 11 is 1.21. The fourth-order valence-electron chi connectivity index (χ4n) is 2.69. The highest BCUT2D eigenvalue weighted by Gasteiger charge is 2.28. The monoisotopic (exact) mass is 282 g/mol. The number of nitrogens with zero attached hydrogens (tertiary/aromatic N) is 2. The van der Waals surface area contributed by atoms with E-state index in [-0.39, 0.29) is 5.01 Å². The predicted octanol–water partition coefficient (Wildman–Crippen LogP) is 3.24. The van der Waals surface area contributed by atoms with Gasteiger partial charge in [0.2, 0.25) is 5.01 Å². The lowest BCUT2D eigenvalue weighted by molar-refractivity contribution is 0.0695. The Bertz CT molecular complexity index is 446. The summed E-state index contributed by atoms with van der Waals surface area (Å²) in [6.45, 7) is 5.42. The molecular weight excluding hydrogens is 260 g/mol. The predicted molar refractivity (Wildman–Crippen MR) is 76.6 cm³/mol. The lowest BCUT2D eigenvalue weighted by atomic mass is 9.75. The van der Waals surface area contributed by atoms with Crippen molar-refractivity contribution in [2.75, 3.05) is 7.05 Å². The molecule has 1 saturated carbocycles. The van der Waals surface area contributed by atoms with E-state index in [2.05, 4.69) is 30.8 Å². The SMILES string of the molecule is CN(Cc1csc(C(=O)O)n1)C1CCC(C)(C)CC1. The molecule has 0 saturated heterocycles. The summed E-state index contributed by atoms with van der Waals surface area (Å²) in [6.07, 6.45) is 4.97. The molecule has 1 N–H and O–H groups in total. The standard InChI is InChI=1S/C14H22N2O2S/c1-14(2)6-4-11(5-7-14)16(3)8-10-9-19-12(15-10)13(17)18/h9,11H,4-8H2,1-3H3,(H,17,18). The third-order valence-electron chi connectivity index (χ3n) is 4.08. The van der Waals surface area contributed by atoms with Gasteiger partial charge in [-0.2, -0.15) is 0 Å². The van der Waals surface area contributed by atoms with Crippen molar-refractivity contribution in [1.29, 1.82) is 0 Å². The first-order chi connectivity index (χ1) is 8.87. The zero-order valence-electron chi connectivity index (χ0n) is 11.8. The highest BCUT2D eigenvalue weighted by atomic mass is 32.1. The van der Waals surface area contributed by atoms with E-state index in [1.165, 1.54) is 37.0 Å². The Morgan fingerprint density at radius 2 is 2.16 bits per heavy atom. The molecule has 0 bridgehead atoms. The minimum Gasteiger partial charge on any atom is -0.476 e. The molecule has 1 aliphatic rings. The third kappa shape index (κ3) is 3.76. The average Bonchev–Trinajstić information content (AvgIpc) is 2.77. The minimum atomic E-state index is -0.932. The van der Waals surface area contributed by atoms with Crippen molar-refractivity contribution in [3.05, 3.63) is 16.1 Å². The maximum atomic E-state index is 10.8. The minimum absolute atomic E-state index is 0.188. The molecule has 0 amide bonds. The number of aromatic nitrogens is 1. The van der Waals surface area contributed by atoms with Crippen LogP contribution in [0.3, 0.4) is 0 Å². The summed E-state index contributed by atoms with van der Waals surface area (Å²) in [4.78, 5) is 17.3. The number of hydrogen-bond acceptors (Lipinski definition) is 4. The molecule has 1 fully saturated rings. The molecule has 1 aromatic rings. The van der Waals surface area contributed by atoms with Crippen molar-refractivity contribution >= 4 is 17.3 Å². The first-order valence-electron chi connectivity index (χ1n) is 6.75. The van der Waals surface area contributed by atoms with Crippen LogP contribution in [0.4, 0.5) is 0 Å². The molecule has 5 heteroatoms. The Labute approximate surface area is 118 Å². The number of carboxylic acid groups (broad SMARTS) is 1. The normalized spacial score (nSPS) is 19.8. The van der Waals surface area contributed by atoms with Crippen molar-refractivity contribution in [2.45, 2.75) is 52.1 Å². The summed E-state index contributed by atoms with van der Waals surface area (Å²) in [7, 11) is 2.11. The van der Waals surface area contributed by atoms with Gasteiger partial charge in [0.05, 0.1) is 5.69 Å². The highest BCUT2D eigenvalue weighted by Crippen LogP contribution is 2.36. The second-order valence-electron chi connectivity index (χ2n) is 6.26. The van der Waals surface area contributed by atoms with Crippen LogP contribution in [0.15, 0.2) is 5.38 Å². The number of thiazole rings is 1. The molecule has 0 spiro atoms. The fraction of sp³-hybridized carbons (Fsp3) is 0.714. The Kier molecular flexibility index (Phi) is 4.26. The molecule has 0 unspecified atom stereocenters. The van der Waals surface area contributed by atoms with E-state index >= 15 is 0 Å². The summed E-state index contributed by atoms with van der Waals surface area (Å²) in [6, 6.07) is 0.600. The van der Waals surface area contributed by atoms with E-state index in [9.17, 15) is 4.79 Å². The molecule has 0 aliphatic heterocycles. The van der Waals surface area contributed by atoms with Crippen LogP contribution in [0.25, 0.3) is 0 Å². The largest absolute Gasteiger partial charge is 0.476 e. The molecule has 1 heterocycles. The average molecular weight is 282 g/mol. The van der Waals surface area contributed by atoms with E-state index in [4.69, 9.17) is 5.11 Å². The second kappa shape index (κ2) is 5.59. The van der Waals surface area contributed by atoms with Crippen LogP contribution >= 0.6 is 11.3 Å². The maximum absolute atomic E-state index is 10.8. The molecule has 4 nitrogen and oxygen atoms in total. The van der Waals surface area contributed by atoms with Crippen LogP contribution in [0.2, 0.25) is 0 Å². The Hall–Kier alpha value is -0.940. The molecule has 0 aromatic carbocycles. The maximum Gasteiger partial charge on any atom is 0.365 e. The number of hydrogen-bond donors (Lipinski definition) is 1. The molecule has 19 heavy (non-hydrogen) atoms. The van der Waals surface area contributed by atoms with Gasteiger partial charge in [-0.25, -0.2) is 9.78 Å². The molecule has 0 atom stereocenters. The van der Waals surface area contributed by atoms with Gasteiger partial charge >= 0.3 is 5.97 Å². The van der Waals surface area contributed by atoms with E-state index in [1.807, 2.05) is 5.38 Å². The number of rotatable bonds is 4. The molecule has 1 aliphatic carbocycles. The summed E-state index contributed by atoms with van der Waals surface area (Å²) < 4.78 is 0. The van der Waals surface area contributed by atoms with Gasteiger partial charge in [-0.15, -0.1) is 11.3 Å². The van der Waals surface area contributed by atoms with Gasteiger partial charge in [0.15, 0.2) is 0 Å². The van der Waals surface area contributed by atoms with Crippen LogP contribution < -0.4 is 0 Å². The van der Waals surface area contributed by atoms with Gasteiger partial charge in [0.1, 0.15) is 0 Å². The highest BCUT2D eigenvalue weighted by molar-refractivity contribution is 7.11. The number of carboxylic acids is 1. The smallest absolute Gasteiger partial charge is 0.365 e. The molecule has 106 valence electrons. The molecule has 0 radical (unpaired) electrons. The van der Waals surface area contributed by atoms with Crippen molar-refractivity contribution in [2.24, 2.45) is 5.41 Å². The second-order valence-corrected chi connectivity index (χ2v) is 7.12. The number of carbonyl (C=O) groups is 1. The van der Waals surface area contributed by atoms with Gasteiger partial charge in [0, 0.05) is 18.0 Å². The lowest BCUT2D eigenvalue weighted by Gasteiger charge is -2.38. The van der Waals surface area contributed by atoms with Crippen LogP contribution in [-0.4, -0.2) is 34.0 Å². The Balaban J connectivity index is 1.90. The zero-order chi connectivity index (χ0) is 14.0. The molecule has 2 rings (SSSR count). The van der Waals surface area contributed by atoms with Crippen molar-refractivity contribution in [3.8, 4) is 0 Å². The molecular formula is C14H22N2O2S. The first kappa shape index (κ1) is 14.5. The number of aromatic carboxylic acids is 1. The van der Waals surface area contributed by atoms with Crippen molar-refractivity contribution in [1.82, 2.24) is 9.88 Å². The van der Waals surface area contributed by atoms with Gasteiger partial charge < -0.3 is 5.11 Å². The fourth-order valence-corrected chi connectivity index (χ4v) is 3.33. The van der Waals surface area contributed by atoms with Crippen LogP contribution in [0.5, 0.6) is 0 Å². The molecule has 1 aromatic heterocycles. The quantitative estimate of drug-likeness (QED) is 0.921. The topological polar surface area (TPSA) is 53.4 Å². The van der Waals surface area contributed by atoms with Gasteiger partial charge in [-0.05, 0) is 38.1 Å². The summed E-state index contributed by atoms with van der Waals surface area (Å²) in [5.41, 5.74) is 1.35.